The lowest BCUT2D eigenvalue weighted by molar-refractivity contribution is 0.242. The van der Waals surface area contributed by atoms with Gasteiger partial charge in [0, 0.05) is 10.4 Å². The van der Waals surface area contributed by atoms with Gasteiger partial charge in [0.25, 0.3) is 0 Å². The van der Waals surface area contributed by atoms with E-state index in [2.05, 4.69) is 30.3 Å². The molecule has 2 rings (SSSR count). The minimum atomic E-state index is 0.182. The molecule has 0 aromatic heterocycles. The molecule has 1 fully saturated rings. The summed E-state index contributed by atoms with van der Waals surface area (Å²) in [5, 5.41) is 0. The van der Waals surface area contributed by atoms with Crippen LogP contribution in [0.5, 0.6) is 0 Å². The maximum Gasteiger partial charge on any atom is 0.0162 e. The summed E-state index contributed by atoms with van der Waals surface area (Å²) in [6.07, 6.45) is 4.93. The van der Waals surface area contributed by atoms with Crippen LogP contribution < -0.4 is 5.73 Å². The summed E-state index contributed by atoms with van der Waals surface area (Å²) in [6, 6.07) is 10.6. The highest BCUT2D eigenvalue weighted by Crippen LogP contribution is 2.34. The first kappa shape index (κ1) is 10.1. The highest BCUT2D eigenvalue weighted by atomic mass is 32.2. The molecule has 1 aliphatic carbocycles. The molecule has 1 aliphatic rings. The average molecular weight is 207 g/mol. The summed E-state index contributed by atoms with van der Waals surface area (Å²) in [6.45, 7) is 0. The molecule has 2 heteroatoms. The van der Waals surface area contributed by atoms with E-state index >= 15 is 0 Å². The maximum absolute atomic E-state index is 6.15. The summed E-state index contributed by atoms with van der Waals surface area (Å²) >= 11 is 1.92. The Morgan fingerprint density at radius 3 is 2.50 bits per heavy atom. The molecule has 0 aliphatic heterocycles. The molecule has 1 aromatic carbocycles. The van der Waals surface area contributed by atoms with Crippen molar-refractivity contribution in [2.45, 2.75) is 36.1 Å². The molecule has 0 amide bonds. The van der Waals surface area contributed by atoms with Crippen molar-refractivity contribution >= 4 is 11.8 Å². The molecular weight excluding hydrogens is 190 g/mol. The molecule has 1 aromatic rings. The fraction of sp³-hybridized carbons (Fsp3) is 0.500. The maximum atomic E-state index is 6.15. The Hall–Kier alpha value is -0.470. The van der Waals surface area contributed by atoms with Crippen molar-refractivity contribution in [3.05, 3.63) is 30.3 Å². The van der Waals surface area contributed by atoms with Gasteiger partial charge in [-0.1, -0.05) is 18.2 Å². The third-order valence-corrected chi connectivity index (χ3v) is 3.97. The first-order chi connectivity index (χ1) is 6.79. The summed E-state index contributed by atoms with van der Waals surface area (Å²) in [7, 11) is 0. The zero-order valence-corrected chi connectivity index (χ0v) is 9.22. The largest absolute Gasteiger partial charge is 0.325 e. The second-order valence-electron chi connectivity index (χ2n) is 4.13. The Morgan fingerprint density at radius 1 is 1.21 bits per heavy atom. The number of thioether (sulfide) groups is 1. The van der Waals surface area contributed by atoms with Crippen molar-refractivity contribution in [1.82, 2.24) is 0 Å². The second-order valence-corrected chi connectivity index (χ2v) is 5.30. The zero-order chi connectivity index (χ0) is 9.86. The molecule has 1 saturated carbocycles. The molecule has 76 valence electrons. The van der Waals surface area contributed by atoms with Crippen LogP contribution in [0.1, 0.15) is 25.7 Å². The fourth-order valence-corrected chi connectivity index (χ4v) is 2.86. The van der Waals surface area contributed by atoms with E-state index in [9.17, 15) is 0 Å². The normalized spacial score (nSPS) is 18.9. The van der Waals surface area contributed by atoms with Gasteiger partial charge in [-0.25, -0.2) is 0 Å². The number of hydrogen-bond acceptors (Lipinski definition) is 2. The van der Waals surface area contributed by atoms with Gasteiger partial charge in [-0.3, -0.25) is 0 Å². The Morgan fingerprint density at radius 2 is 1.93 bits per heavy atom. The Bertz CT molecular complexity index is 280. The predicted molar refractivity (Wildman–Crippen MR) is 62.6 cm³/mol. The first-order valence-electron chi connectivity index (χ1n) is 5.25. The Labute approximate surface area is 90.1 Å². The summed E-state index contributed by atoms with van der Waals surface area (Å²) in [5.74, 6) is 1.15. The van der Waals surface area contributed by atoms with Crippen LogP contribution >= 0.6 is 11.8 Å². The highest BCUT2D eigenvalue weighted by molar-refractivity contribution is 7.99. The van der Waals surface area contributed by atoms with E-state index in [4.69, 9.17) is 5.73 Å². The van der Waals surface area contributed by atoms with Crippen molar-refractivity contribution in [3.63, 3.8) is 0 Å². The lowest BCUT2D eigenvalue weighted by Crippen LogP contribution is -2.46. The smallest absolute Gasteiger partial charge is 0.0162 e. The van der Waals surface area contributed by atoms with Crippen molar-refractivity contribution in [2.24, 2.45) is 5.73 Å². The van der Waals surface area contributed by atoms with Crippen molar-refractivity contribution in [1.29, 1.82) is 0 Å². The van der Waals surface area contributed by atoms with E-state index < -0.39 is 0 Å². The van der Waals surface area contributed by atoms with Gasteiger partial charge >= 0.3 is 0 Å². The van der Waals surface area contributed by atoms with Crippen LogP contribution in [0.4, 0.5) is 0 Å². The number of nitrogens with two attached hydrogens (primary N) is 1. The minimum absolute atomic E-state index is 0.182. The van der Waals surface area contributed by atoms with Gasteiger partial charge in [0.15, 0.2) is 0 Å². The molecule has 0 bridgehead atoms. The summed E-state index contributed by atoms with van der Waals surface area (Å²) in [5.41, 5.74) is 6.34. The third-order valence-electron chi connectivity index (χ3n) is 2.96. The van der Waals surface area contributed by atoms with Crippen LogP contribution in [0, 0.1) is 0 Å². The standard InChI is InChI=1S/C12H17NS/c13-12(7-4-8-12)9-10-14-11-5-2-1-3-6-11/h1-3,5-6H,4,7-10,13H2. The molecule has 0 saturated heterocycles. The average Bonchev–Trinajstić information content (AvgIpc) is 2.17. The van der Waals surface area contributed by atoms with E-state index in [1.54, 1.807) is 0 Å². The molecule has 14 heavy (non-hydrogen) atoms. The minimum Gasteiger partial charge on any atom is -0.325 e. The van der Waals surface area contributed by atoms with Crippen LogP contribution in [-0.2, 0) is 0 Å². The fourth-order valence-electron chi connectivity index (χ4n) is 1.77. The van der Waals surface area contributed by atoms with Crippen LogP contribution in [0.2, 0.25) is 0 Å². The molecule has 1 nitrogen and oxygen atoms in total. The Balaban J connectivity index is 1.73. The van der Waals surface area contributed by atoms with Crippen LogP contribution in [0.25, 0.3) is 0 Å². The first-order valence-corrected chi connectivity index (χ1v) is 6.24. The Kier molecular flexibility index (Phi) is 3.14. The monoisotopic (exact) mass is 207 g/mol. The number of rotatable bonds is 4. The topological polar surface area (TPSA) is 26.0 Å². The molecule has 0 atom stereocenters. The van der Waals surface area contributed by atoms with Gasteiger partial charge in [0.05, 0.1) is 0 Å². The summed E-state index contributed by atoms with van der Waals surface area (Å²) < 4.78 is 0. The van der Waals surface area contributed by atoms with E-state index in [-0.39, 0.29) is 5.54 Å². The molecule has 0 spiro atoms. The molecule has 2 N–H and O–H groups in total. The lowest BCUT2D eigenvalue weighted by atomic mass is 9.76. The number of benzene rings is 1. The van der Waals surface area contributed by atoms with Crippen LogP contribution in [-0.4, -0.2) is 11.3 Å². The van der Waals surface area contributed by atoms with Gasteiger partial charge in [-0.2, -0.15) is 0 Å². The number of hydrogen-bond donors (Lipinski definition) is 1. The molecular formula is C12H17NS. The van der Waals surface area contributed by atoms with E-state index in [1.807, 2.05) is 11.8 Å². The van der Waals surface area contributed by atoms with E-state index in [0.29, 0.717) is 0 Å². The second kappa shape index (κ2) is 4.37. The molecule has 0 radical (unpaired) electrons. The predicted octanol–water partition coefficient (Wildman–Crippen LogP) is 3.05. The van der Waals surface area contributed by atoms with Gasteiger partial charge in [0.1, 0.15) is 0 Å². The van der Waals surface area contributed by atoms with Gasteiger partial charge < -0.3 is 5.73 Å². The van der Waals surface area contributed by atoms with Gasteiger partial charge in [-0.15, -0.1) is 11.8 Å². The van der Waals surface area contributed by atoms with Crippen LogP contribution in [0.15, 0.2) is 35.2 Å². The SMILES string of the molecule is NC1(CCSc2ccccc2)CCC1. The summed E-state index contributed by atoms with van der Waals surface area (Å²) in [4.78, 5) is 1.36. The van der Waals surface area contributed by atoms with Gasteiger partial charge in [-0.05, 0) is 43.6 Å². The van der Waals surface area contributed by atoms with Crippen molar-refractivity contribution < 1.29 is 0 Å². The molecule has 0 heterocycles. The van der Waals surface area contributed by atoms with Crippen molar-refractivity contribution in [3.8, 4) is 0 Å². The van der Waals surface area contributed by atoms with E-state index in [1.165, 1.54) is 24.2 Å². The lowest BCUT2D eigenvalue weighted by Gasteiger charge is -2.38. The third kappa shape index (κ3) is 2.52. The van der Waals surface area contributed by atoms with Crippen molar-refractivity contribution in [2.75, 3.05) is 5.75 Å². The van der Waals surface area contributed by atoms with Gasteiger partial charge in [0.2, 0.25) is 0 Å². The highest BCUT2D eigenvalue weighted by Gasteiger charge is 2.31. The zero-order valence-electron chi connectivity index (χ0n) is 8.41. The van der Waals surface area contributed by atoms with Crippen LogP contribution in [0.3, 0.4) is 0 Å². The molecule has 0 unspecified atom stereocenters. The van der Waals surface area contributed by atoms with E-state index in [0.717, 1.165) is 12.2 Å². The quantitative estimate of drug-likeness (QED) is 0.768.